The van der Waals surface area contributed by atoms with Crippen molar-refractivity contribution in [2.24, 2.45) is 0 Å². The van der Waals surface area contributed by atoms with E-state index in [1.165, 1.54) is 6.92 Å². The lowest BCUT2D eigenvalue weighted by molar-refractivity contribution is -0.140. The number of halogens is 5. The van der Waals surface area contributed by atoms with E-state index in [1.807, 2.05) is 0 Å². The number of hydrogen-bond acceptors (Lipinski definition) is 3. The van der Waals surface area contributed by atoms with Crippen LogP contribution in [-0.2, 0) is 9.53 Å². The van der Waals surface area contributed by atoms with Gasteiger partial charge < -0.3 is 9.84 Å². The van der Waals surface area contributed by atoms with Crippen molar-refractivity contribution in [3.8, 4) is 0 Å². The summed E-state index contributed by atoms with van der Waals surface area (Å²) in [4.78, 5) is 9.82. The van der Waals surface area contributed by atoms with Gasteiger partial charge in [0, 0.05) is 14.0 Å². The van der Waals surface area contributed by atoms with E-state index in [0.717, 1.165) is 7.11 Å². The highest BCUT2D eigenvalue weighted by Crippen LogP contribution is 2.03. The van der Waals surface area contributed by atoms with Gasteiger partial charge in [0.15, 0.2) is 4.30 Å². The first-order valence-corrected chi connectivity index (χ1v) is 5.92. The zero-order chi connectivity index (χ0) is 13.3. The summed E-state index contributed by atoms with van der Waals surface area (Å²) >= 11 is 23.9. The van der Waals surface area contributed by atoms with Crippen molar-refractivity contribution in [1.82, 2.24) is 0 Å². The zero-order valence-electron chi connectivity index (χ0n) is 8.65. The average molecular weight is 324 g/mol. The van der Waals surface area contributed by atoms with Crippen molar-refractivity contribution in [3.05, 3.63) is 0 Å². The summed E-state index contributed by atoms with van der Waals surface area (Å²) in [5.41, 5.74) is 0. The second kappa shape index (κ2) is 29.4. The van der Waals surface area contributed by atoms with Crippen LogP contribution in [0.1, 0.15) is 13.8 Å². The fourth-order valence-electron chi connectivity index (χ4n) is 0.203. The Morgan fingerprint density at radius 1 is 1.27 bits per heavy atom. The molecule has 0 aromatic rings. The first-order valence-electron chi connectivity index (χ1n) is 3.54. The number of alkyl halides is 5. The van der Waals surface area contributed by atoms with Gasteiger partial charge in [0.2, 0.25) is 0 Å². The second-order valence-corrected chi connectivity index (χ2v) is 4.06. The largest absolute Gasteiger partial charge is 0.466 e. The normalized spacial score (nSPS) is 7.07. The molecule has 0 spiro atoms. The zero-order valence-corrected chi connectivity index (χ0v) is 12.4. The highest BCUT2D eigenvalue weighted by atomic mass is 35.6. The molecule has 0 aliphatic rings. The highest BCUT2D eigenvalue weighted by Gasteiger charge is 1.81. The minimum absolute atomic E-state index is 0.194. The molecule has 0 aliphatic carbocycles. The van der Waals surface area contributed by atoms with Crippen LogP contribution in [0.3, 0.4) is 0 Å². The van der Waals surface area contributed by atoms with Crippen molar-refractivity contribution in [1.29, 1.82) is 0 Å². The maximum absolute atomic E-state index is 9.82. The van der Waals surface area contributed by atoms with Gasteiger partial charge in [0.1, 0.15) is 0 Å². The van der Waals surface area contributed by atoms with Gasteiger partial charge in [-0.25, -0.2) is 0 Å². The topological polar surface area (TPSA) is 46.5 Å². The van der Waals surface area contributed by atoms with Crippen LogP contribution < -0.4 is 0 Å². The van der Waals surface area contributed by atoms with Crippen LogP contribution in [-0.4, -0.2) is 34.4 Å². The minimum atomic E-state index is -0.750. The Labute approximate surface area is 116 Å². The summed E-state index contributed by atoms with van der Waals surface area (Å²) in [5, 5.41) is 7.19. The van der Waals surface area contributed by atoms with Crippen LogP contribution in [0.2, 0.25) is 0 Å². The number of rotatable bonds is 1. The summed E-state index contributed by atoms with van der Waals surface area (Å²) in [7, 11) is 1.00. The molecule has 0 radical (unpaired) electrons. The van der Waals surface area contributed by atoms with Crippen molar-refractivity contribution in [2.75, 3.05) is 19.1 Å². The predicted molar refractivity (Wildman–Crippen MR) is 68.4 cm³/mol. The van der Waals surface area contributed by atoms with E-state index in [1.54, 1.807) is 6.92 Å². The van der Waals surface area contributed by atoms with Gasteiger partial charge in [-0.3, -0.25) is 4.79 Å². The third-order valence-electron chi connectivity index (χ3n) is 0.348. The van der Waals surface area contributed by atoms with Crippen molar-refractivity contribution >= 4 is 64.0 Å². The molecular formula is C7H15Cl5O3. The van der Waals surface area contributed by atoms with Crippen molar-refractivity contribution in [2.45, 2.75) is 18.1 Å². The maximum Gasteiger partial charge on any atom is 0.302 e. The average Bonchev–Trinajstić information content (AvgIpc) is 2.07. The lowest BCUT2D eigenvalue weighted by Crippen LogP contribution is -1.95. The molecule has 0 atom stereocenters. The maximum atomic E-state index is 9.82. The number of aliphatic hydroxyl groups excluding tert-OH is 1. The molecule has 0 saturated heterocycles. The van der Waals surface area contributed by atoms with Gasteiger partial charge in [0.25, 0.3) is 0 Å². The monoisotopic (exact) mass is 322 g/mol. The molecule has 3 nitrogen and oxygen atoms in total. The Morgan fingerprint density at radius 2 is 1.47 bits per heavy atom. The van der Waals surface area contributed by atoms with Crippen molar-refractivity contribution < 1.29 is 14.6 Å². The quantitative estimate of drug-likeness (QED) is 0.592. The standard InChI is InChI=1S/C4H8O2.CHCl3.CH2Cl2.CH4O/c1-3-6-4(2)5;2-1(3)4;2-1-3;1-2/h3H2,1-2H3;1H;1H2;2H,1H3. The Hall–Kier alpha value is 0.880. The molecule has 0 amide bonds. The summed E-state index contributed by atoms with van der Waals surface area (Å²) < 4.78 is 3.65. The summed E-state index contributed by atoms with van der Waals surface area (Å²) in [6.07, 6.45) is 0. The van der Waals surface area contributed by atoms with E-state index in [9.17, 15) is 4.79 Å². The third kappa shape index (κ3) is 164. The number of hydrogen-bond donors (Lipinski definition) is 1. The van der Waals surface area contributed by atoms with Crippen LogP contribution in [0.15, 0.2) is 0 Å². The molecule has 1 N–H and O–H groups in total. The van der Waals surface area contributed by atoms with Crippen LogP contribution in [0.25, 0.3) is 0 Å². The van der Waals surface area contributed by atoms with Crippen molar-refractivity contribution in [3.63, 3.8) is 0 Å². The van der Waals surface area contributed by atoms with Gasteiger partial charge in [-0.1, -0.05) is 34.8 Å². The fraction of sp³-hybridized carbons (Fsp3) is 0.857. The molecule has 0 unspecified atom stereocenters. The van der Waals surface area contributed by atoms with Crippen LogP contribution in [0, 0.1) is 0 Å². The van der Waals surface area contributed by atoms with Crippen LogP contribution in [0.5, 0.6) is 0 Å². The number of ether oxygens (including phenoxy) is 1. The van der Waals surface area contributed by atoms with E-state index in [0.29, 0.717) is 6.61 Å². The van der Waals surface area contributed by atoms with E-state index in [2.05, 4.69) is 4.74 Å². The number of carbonyl (C=O) groups excluding carboxylic acids is 1. The molecule has 0 aliphatic heterocycles. The summed E-state index contributed by atoms with van der Waals surface area (Å²) in [6, 6.07) is 0. The Bertz CT molecular complexity index is 99.9. The SMILES string of the molecule is CCOC(C)=O.CO.ClC(Cl)Cl.ClCCl. The molecule has 0 aromatic heterocycles. The third-order valence-corrected chi connectivity index (χ3v) is 0.348. The van der Waals surface area contributed by atoms with E-state index < -0.39 is 4.30 Å². The lowest BCUT2D eigenvalue weighted by Gasteiger charge is -1.89. The van der Waals surface area contributed by atoms with Crippen LogP contribution >= 0.6 is 58.0 Å². The molecule has 96 valence electrons. The predicted octanol–water partition coefficient (Wildman–Crippen LogP) is 3.59. The van der Waals surface area contributed by atoms with Gasteiger partial charge >= 0.3 is 5.97 Å². The molecule has 0 aromatic carbocycles. The second-order valence-electron chi connectivity index (χ2n) is 1.27. The molecule has 0 saturated carbocycles. The Balaban J connectivity index is -0.0000000590. The van der Waals surface area contributed by atoms with Gasteiger partial charge in [-0.05, 0) is 6.92 Å². The Kier molecular flexibility index (Phi) is 48.8. The first kappa shape index (κ1) is 24.9. The number of carbonyl (C=O) groups is 1. The summed E-state index contributed by atoms with van der Waals surface area (Å²) in [6.45, 7) is 3.65. The van der Waals surface area contributed by atoms with Gasteiger partial charge in [-0.2, -0.15) is 0 Å². The molecule has 0 fully saturated rings. The Morgan fingerprint density at radius 3 is 1.47 bits per heavy atom. The smallest absolute Gasteiger partial charge is 0.302 e. The van der Waals surface area contributed by atoms with Gasteiger partial charge in [-0.15, -0.1) is 23.2 Å². The lowest BCUT2D eigenvalue weighted by atomic mass is 10.8. The van der Waals surface area contributed by atoms with Crippen LogP contribution in [0.4, 0.5) is 0 Å². The molecule has 15 heavy (non-hydrogen) atoms. The first-order chi connectivity index (χ1) is 6.92. The summed E-state index contributed by atoms with van der Waals surface area (Å²) in [5.74, 6) is -0.211. The van der Waals surface area contributed by atoms with E-state index >= 15 is 0 Å². The molecule has 8 heteroatoms. The van der Waals surface area contributed by atoms with E-state index in [-0.39, 0.29) is 11.3 Å². The molecule has 0 heterocycles. The minimum Gasteiger partial charge on any atom is -0.466 e. The molecule has 0 bridgehead atoms. The van der Waals surface area contributed by atoms with Gasteiger partial charge in [0.05, 0.1) is 11.9 Å². The fourth-order valence-corrected chi connectivity index (χ4v) is 0.203. The molecular weight excluding hydrogens is 309 g/mol. The number of aliphatic hydroxyl groups is 1. The number of esters is 1. The molecule has 0 rings (SSSR count). The highest BCUT2D eigenvalue weighted by molar-refractivity contribution is 6.63. The van der Waals surface area contributed by atoms with E-state index in [4.69, 9.17) is 63.1 Å².